The van der Waals surface area contributed by atoms with E-state index in [-0.39, 0.29) is 5.91 Å². The maximum Gasteiger partial charge on any atom is 0.246 e. The molecule has 1 aliphatic carbocycles. The highest BCUT2D eigenvalue weighted by atomic mass is 16.2. The highest BCUT2D eigenvalue weighted by Gasteiger charge is 2.31. The molecule has 0 unspecified atom stereocenters. The predicted molar refractivity (Wildman–Crippen MR) is 84.1 cm³/mol. The summed E-state index contributed by atoms with van der Waals surface area (Å²) in [6.07, 6.45) is 6.92. The van der Waals surface area contributed by atoms with Crippen LogP contribution in [-0.2, 0) is 4.79 Å². The minimum absolute atomic E-state index is 0.130. The van der Waals surface area contributed by atoms with E-state index < -0.39 is 0 Å². The molecule has 1 aromatic carbocycles. The van der Waals surface area contributed by atoms with Gasteiger partial charge in [0.25, 0.3) is 0 Å². The van der Waals surface area contributed by atoms with Crippen molar-refractivity contribution in [2.75, 3.05) is 12.3 Å². The fraction of sp³-hybridized carbons (Fsp3) is 0.471. The largest absolute Gasteiger partial charge is 0.399 e. The van der Waals surface area contributed by atoms with Crippen LogP contribution in [0.25, 0.3) is 6.08 Å². The van der Waals surface area contributed by atoms with E-state index >= 15 is 0 Å². The maximum atomic E-state index is 12.3. The molecule has 1 saturated carbocycles. The van der Waals surface area contributed by atoms with Crippen molar-refractivity contribution in [3.63, 3.8) is 0 Å². The Kier molecular flexibility index (Phi) is 4.83. The molecular formula is C17H24N2O. The van der Waals surface area contributed by atoms with Gasteiger partial charge in [-0.2, -0.15) is 0 Å². The smallest absolute Gasteiger partial charge is 0.246 e. The Morgan fingerprint density at radius 1 is 1.35 bits per heavy atom. The monoisotopic (exact) mass is 272 g/mol. The van der Waals surface area contributed by atoms with Crippen LogP contribution in [0.5, 0.6) is 0 Å². The second kappa shape index (κ2) is 6.60. The summed E-state index contributed by atoms with van der Waals surface area (Å²) in [4.78, 5) is 14.3. The van der Waals surface area contributed by atoms with Crippen molar-refractivity contribution in [1.29, 1.82) is 0 Å². The van der Waals surface area contributed by atoms with Crippen molar-refractivity contribution in [1.82, 2.24) is 4.90 Å². The van der Waals surface area contributed by atoms with Crippen molar-refractivity contribution in [3.8, 4) is 0 Å². The van der Waals surface area contributed by atoms with Crippen molar-refractivity contribution >= 4 is 17.7 Å². The molecule has 0 radical (unpaired) electrons. The minimum atomic E-state index is 0.130. The number of carbonyl (C=O) groups excluding carboxylic acids is 1. The van der Waals surface area contributed by atoms with E-state index in [0.717, 1.165) is 37.1 Å². The lowest BCUT2D eigenvalue weighted by atomic mass is 10.1. The van der Waals surface area contributed by atoms with E-state index in [1.165, 1.54) is 0 Å². The molecule has 1 aliphatic rings. The zero-order valence-electron chi connectivity index (χ0n) is 12.4. The molecule has 3 nitrogen and oxygen atoms in total. The van der Waals surface area contributed by atoms with E-state index in [1.807, 2.05) is 35.2 Å². The zero-order chi connectivity index (χ0) is 14.5. The molecule has 0 heterocycles. The topological polar surface area (TPSA) is 46.3 Å². The first-order chi connectivity index (χ1) is 9.56. The number of rotatable bonds is 6. The molecule has 0 aliphatic heterocycles. The van der Waals surface area contributed by atoms with E-state index in [4.69, 9.17) is 5.73 Å². The Labute approximate surface area is 121 Å². The fourth-order valence-electron chi connectivity index (χ4n) is 2.13. The van der Waals surface area contributed by atoms with Gasteiger partial charge < -0.3 is 10.6 Å². The van der Waals surface area contributed by atoms with Crippen LogP contribution in [0.4, 0.5) is 5.69 Å². The summed E-state index contributed by atoms with van der Waals surface area (Å²) in [6, 6.07) is 8.02. The van der Waals surface area contributed by atoms with Gasteiger partial charge in [-0.15, -0.1) is 0 Å². The van der Waals surface area contributed by atoms with Crippen molar-refractivity contribution < 1.29 is 4.79 Å². The van der Waals surface area contributed by atoms with E-state index in [9.17, 15) is 4.79 Å². The van der Waals surface area contributed by atoms with Crippen LogP contribution in [0.3, 0.4) is 0 Å². The lowest BCUT2D eigenvalue weighted by molar-refractivity contribution is -0.126. The maximum absolute atomic E-state index is 12.3. The van der Waals surface area contributed by atoms with Crippen LogP contribution < -0.4 is 5.73 Å². The molecule has 20 heavy (non-hydrogen) atoms. The van der Waals surface area contributed by atoms with Gasteiger partial charge in [0.05, 0.1) is 0 Å². The normalized spacial score (nSPS) is 14.9. The average Bonchev–Trinajstić information content (AvgIpc) is 3.22. The molecule has 0 saturated heterocycles. The summed E-state index contributed by atoms with van der Waals surface area (Å²) in [5, 5.41) is 0. The summed E-state index contributed by atoms with van der Waals surface area (Å²) in [6.45, 7) is 5.26. The highest BCUT2D eigenvalue weighted by molar-refractivity contribution is 5.92. The van der Waals surface area contributed by atoms with Crippen LogP contribution in [-0.4, -0.2) is 23.4 Å². The van der Waals surface area contributed by atoms with Crippen LogP contribution in [0.1, 0.15) is 38.7 Å². The zero-order valence-corrected chi connectivity index (χ0v) is 12.4. The highest BCUT2D eigenvalue weighted by Crippen LogP contribution is 2.27. The number of anilines is 1. The molecule has 108 valence electrons. The Bertz CT molecular complexity index is 472. The first kappa shape index (κ1) is 14.6. The number of hydrogen-bond donors (Lipinski definition) is 1. The molecule has 1 aromatic rings. The molecule has 0 spiro atoms. The van der Waals surface area contributed by atoms with Gasteiger partial charge in [0.1, 0.15) is 0 Å². The Hall–Kier alpha value is -1.77. The summed E-state index contributed by atoms with van der Waals surface area (Å²) in [5.41, 5.74) is 7.39. The van der Waals surface area contributed by atoms with Gasteiger partial charge in [-0.05, 0) is 49.0 Å². The van der Waals surface area contributed by atoms with E-state index in [2.05, 4.69) is 13.8 Å². The number of nitrogens with zero attached hydrogens (tertiary/aromatic N) is 1. The first-order valence-electron chi connectivity index (χ1n) is 7.40. The summed E-state index contributed by atoms with van der Waals surface area (Å²) < 4.78 is 0. The third-order valence-corrected chi connectivity index (χ3v) is 3.57. The molecule has 2 N–H and O–H groups in total. The predicted octanol–water partition coefficient (Wildman–Crippen LogP) is 3.32. The molecule has 1 amide bonds. The van der Waals surface area contributed by atoms with Crippen LogP contribution in [0.15, 0.2) is 30.3 Å². The second-order valence-corrected chi connectivity index (χ2v) is 5.95. The van der Waals surface area contributed by atoms with Gasteiger partial charge >= 0.3 is 0 Å². The third kappa shape index (κ3) is 4.41. The van der Waals surface area contributed by atoms with Crippen molar-refractivity contribution in [3.05, 3.63) is 35.9 Å². The minimum Gasteiger partial charge on any atom is -0.399 e. The van der Waals surface area contributed by atoms with Gasteiger partial charge in [0.15, 0.2) is 0 Å². The molecule has 0 bridgehead atoms. The van der Waals surface area contributed by atoms with Gasteiger partial charge in [-0.3, -0.25) is 4.79 Å². The molecule has 2 rings (SSSR count). The average molecular weight is 272 g/mol. The number of nitrogen functional groups attached to an aromatic ring is 1. The number of hydrogen-bond acceptors (Lipinski definition) is 2. The summed E-state index contributed by atoms with van der Waals surface area (Å²) >= 11 is 0. The van der Waals surface area contributed by atoms with Crippen LogP contribution >= 0.6 is 0 Å². The Balaban J connectivity index is 1.95. The standard InChI is InChI=1S/C17H24N2O/c1-13(2)11-12-19(16-8-9-16)17(20)10-5-14-3-6-15(18)7-4-14/h3-7,10,13,16H,8-9,11-12,18H2,1-2H3/b10-5+. The third-order valence-electron chi connectivity index (χ3n) is 3.57. The molecule has 3 heteroatoms. The quantitative estimate of drug-likeness (QED) is 0.638. The Morgan fingerprint density at radius 3 is 2.55 bits per heavy atom. The molecular weight excluding hydrogens is 248 g/mol. The number of nitrogens with two attached hydrogens (primary N) is 1. The van der Waals surface area contributed by atoms with Gasteiger partial charge in [0, 0.05) is 24.4 Å². The summed E-state index contributed by atoms with van der Waals surface area (Å²) in [7, 11) is 0. The Morgan fingerprint density at radius 2 is 2.00 bits per heavy atom. The van der Waals surface area contributed by atoms with Crippen molar-refractivity contribution in [2.24, 2.45) is 5.92 Å². The van der Waals surface area contributed by atoms with Crippen LogP contribution in [0, 0.1) is 5.92 Å². The van der Waals surface area contributed by atoms with Gasteiger partial charge in [0.2, 0.25) is 5.91 Å². The lowest BCUT2D eigenvalue weighted by Gasteiger charge is -2.21. The summed E-state index contributed by atoms with van der Waals surface area (Å²) in [5.74, 6) is 0.759. The first-order valence-corrected chi connectivity index (χ1v) is 7.40. The SMILES string of the molecule is CC(C)CCN(C(=O)/C=C/c1ccc(N)cc1)C1CC1. The van der Waals surface area contributed by atoms with E-state index in [0.29, 0.717) is 12.0 Å². The van der Waals surface area contributed by atoms with Gasteiger partial charge in [-0.1, -0.05) is 26.0 Å². The molecule has 1 fully saturated rings. The molecule has 0 aromatic heterocycles. The lowest BCUT2D eigenvalue weighted by Crippen LogP contribution is -2.33. The number of benzene rings is 1. The van der Waals surface area contributed by atoms with Gasteiger partial charge in [-0.25, -0.2) is 0 Å². The molecule has 0 atom stereocenters. The second-order valence-electron chi connectivity index (χ2n) is 5.95. The van der Waals surface area contributed by atoms with E-state index in [1.54, 1.807) is 6.08 Å². The number of carbonyl (C=O) groups is 1. The van der Waals surface area contributed by atoms with Crippen LogP contribution in [0.2, 0.25) is 0 Å². The number of amides is 1. The fourth-order valence-corrected chi connectivity index (χ4v) is 2.13. The van der Waals surface area contributed by atoms with Crippen molar-refractivity contribution in [2.45, 2.75) is 39.2 Å².